The molecule has 29 heavy (non-hydrogen) atoms. The third-order valence-corrected chi connectivity index (χ3v) is 4.38. The van der Waals surface area contributed by atoms with E-state index in [-0.39, 0.29) is 12.5 Å². The molecule has 3 aromatic rings. The summed E-state index contributed by atoms with van der Waals surface area (Å²) < 4.78 is 5.13. The molecular weight excluding hydrogens is 362 g/mol. The summed E-state index contributed by atoms with van der Waals surface area (Å²) in [5, 5.41) is 4.07. The standard InChI is InChI=1S/C24H25N3O2/c1-29-23-14-12-20(13-15-23)16-25-26-24(28)19-27(17-21-8-4-2-5-9-21)18-22-10-6-3-7-11-22/h2-16H,17-19H2,1H3,(H,26,28). The first-order valence-corrected chi connectivity index (χ1v) is 9.49. The number of nitrogens with zero attached hydrogens (tertiary/aromatic N) is 2. The van der Waals surface area contributed by atoms with E-state index < -0.39 is 0 Å². The molecule has 0 bridgehead atoms. The molecule has 0 saturated heterocycles. The van der Waals surface area contributed by atoms with Crippen molar-refractivity contribution in [2.24, 2.45) is 5.10 Å². The van der Waals surface area contributed by atoms with Gasteiger partial charge in [-0.25, -0.2) is 5.43 Å². The summed E-state index contributed by atoms with van der Waals surface area (Å²) in [5.41, 5.74) is 5.83. The second-order valence-corrected chi connectivity index (χ2v) is 6.68. The van der Waals surface area contributed by atoms with Crippen LogP contribution in [0.5, 0.6) is 5.75 Å². The number of carbonyl (C=O) groups is 1. The van der Waals surface area contributed by atoms with E-state index in [0.717, 1.165) is 22.4 Å². The van der Waals surface area contributed by atoms with Crippen molar-refractivity contribution in [3.05, 3.63) is 102 Å². The lowest BCUT2D eigenvalue weighted by atomic mass is 10.1. The van der Waals surface area contributed by atoms with Crippen molar-refractivity contribution in [1.82, 2.24) is 10.3 Å². The van der Waals surface area contributed by atoms with Gasteiger partial charge in [-0.2, -0.15) is 5.10 Å². The van der Waals surface area contributed by atoms with Gasteiger partial charge < -0.3 is 4.74 Å². The van der Waals surface area contributed by atoms with Gasteiger partial charge in [0.25, 0.3) is 5.91 Å². The highest BCUT2D eigenvalue weighted by molar-refractivity contribution is 5.83. The van der Waals surface area contributed by atoms with Crippen LogP contribution in [0.15, 0.2) is 90.0 Å². The van der Waals surface area contributed by atoms with Crippen LogP contribution in [0.4, 0.5) is 0 Å². The average molecular weight is 387 g/mol. The summed E-state index contributed by atoms with van der Waals surface area (Å²) in [6, 6.07) is 27.8. The van der Waals surface area contributed by atoms with Crippen molar-refractivity contribution in [2.75, 3.05) is 13.7 Å². The quantitative estimate of drug-likeness (QED) is 0.448. The molecule has 3 rings (SSSR count). The van der Waals surface area contributed by atoms with E-state index in [1.165, 1.54) is 0 Å². The normalized spacial score (nSPS) is 11.0. The topological polar surface area (TPSA) is 53.9 Å². The number of nitrogens with one attached hydrogen (secondary N) is 1. The Kier molecular flexibility index (Phi) is 7.55. The molecule has 0 unspecified atom stereocenters. The minimum absolute atomic E-state index is 0.151. The van der Waals surface area contributed by atoms with Gasteiger partial charge >= 0.3 is 0 Å². The van der Waals surface area contributed by atoms with Gasteiger partial charge in [-0.15, -0.1) is 0 Å². The van der Waals surface area contributed by atoms with Crippen molar-refractivity contribution < 1.29 is 9.53 Å². The Morgan fingerprint density at radius 3 is 1.97 bits per heavy atom. The van der Waals surface area contributed by atoms with Crippen molar-refractivity contribution in [2.45, 2.75) is 13.1 Å². The Bertz CT molecular complexity index is 868. The summed E-state index contributed by atoms with van der Waals surface area (Å²) in [6.45, 7) is 1.63. The lowest BCUT2D eigenvalue weighted by Crippen LogP contribution is -2.34. The van der Waals surface area contributed by atoms with E-state index in [4.69, 9.17) is 4.74 Å². The fraction of sp³-hybridized carbons (Fsp3) is 0.167. The number of methoxy groups -OCH3 is 1. The number of hydrogen-bond acceptors (Lipinski definition) is 4. The predicted molar refractivity (Wildman–Crippen MR) is 116 cm³/mol. The number of rotatable bonds is 9. The molecule has 1 amide bonds. The van der Waals surface area contributed by atoms with E-state index in [1.807, 2.05) is 60.7 Å². The van der Waals surface area contributed by atoms with Crippen LogP contribution in [0.25, 0.3) is 0 Å². The molecule has 0 aliphatic heterocycles. The maximum Gasteiger partial charge on any atom is 0.254 e. The molecule has 0 spiro atoms. The van der Waals surface area contributed by atoms with Crippen molar-refractivity contribution in [3.63, 3.8) is 0 Å². The maximum atomic E-state index is 12.4. The third kappa shape index (κ3) is 6.90. The Labute approximate surface area is 171 Å². The Balaban J connectivity index is 1.59. The number of benzene rings is 3. The molecule has 0 atom stereocenters. The molecule has 3 aromatic carbocycles. The molecule has 0 saturated carbocycles. The number of amides is 1. The van der Waals surface area contributed by atoms with Crippen LogP contribution >= 0.6 is 0 Å². The minimum Gasteiger partial charge on any atom is -0.497 e. The van der Waals surface area contributed by atoms with Crippen LogP contribution < -0.4 is 10.2 Å². The fourth-order valence-electron chi connectivity index (χ4n) is 2.96. The first kappa shape index (κ1) is 20.3. The zero-order chi connectivity index (χ0) is 20.3. The highest BCUT2D eigenvalue weighted by Gasteiger charge is 2.12. The molecule has 0 aromatic heterocycles. The second-order valence-electron chi connectivity index (χ2n) is 6.68. The van der Waals surface area contributed by atoms with Gasteiger partial charge in [-0.1, -0.05) is 60.7 Å². The van der Waals surface area contributed by atoms with E-state index in [1.54, 1.807) is 13.3 Å². The summed E-state index contributed by atoms with van der Waals surface area (Å²) in [6.07, 6.45) is 1.62. The summed E-state index contributed by atoms with van der Waals surface area (Å²) in [7, 11) is 1.62. The molecule has 0 fully saturated rings. The van der Waals surface area contributed by atoms with Gasteiger partial charge in [0, 0.05) is 13.1 Å². The van der Waals surface area contributed by atoms with Gasteiger partial charge in [-0.05, 0) is 41.0 Å². The van der Waals surface area contributed by atoms with E-state index >= 15 is 0 Å². The van der Waals surface area contributed by atoms with Crippen LogP contribution in [0, 0.1) is 0 Å². The lowest BCUT2D eigenvalue weighted by Gasteiger charge is -2.21. The SMILES string of the molecule is COc1ccc(C=NNC(=O)CN(Cc2ccccc2)Cc2ccccc2)cc1. The lowest BCUT2D eigenvalue weighted by molar-refractivity contribution is -0.122. The summed E-state index contributed by atoms with van der Waals surface area (Å²) >= 11 is 0. The van der Waals surface area contributed by atoms with Gasteiger partial charge in [0.2, 0.25) is 0 Å². The van der Waals surface area contributed by atoms with Gasteiger partial charge in [0.15, 0.2) is 0 Å². The molecule has 0 radical (unpaired) electrons. The largest absolute Gasteiger partial charge is 0.497 e. The molecule has 0 aliphatic rings. The summed E-state index contributed by atoms with van der Waals surface area (Å²) in [5.74, 6) is 0.630. The number of carbonyl (C=O) groups excluding carboxylic acids is 1. The second kappa shape index (κ2) is 10.8. The monoisotopic (exact) mass is 387 g/mol. The van der Waals surface area contributed by atoms with Crippen LogP contribution in [0.2, 0.25) is 0 Å². The van der Waals surface area contributed by atoms with Crippen LogP contribution in [-0.4, -0.2) is 30.7 Å². The fourth-order valence-corrected chi connectivity index (χ4v) is 2.96. The molecule has 5 heteroatoms. The number of ether oxygens (including phenoxy) is 1. The maximum absolute atomic E-state index is 12.4. The predicted octanol–water partition coefficient (Wildman–Crippen LogP) is 3.85. The highest BCUT2D eigenvalue weighted by atomic mass is 16.5. The van der Waals surface area contributed by atoms with Gasteiger partial charge in [0.1, 0.15) is 5.75 Å². The number of hydrazone groups is 1. The van der Waals surface area contributed by atoms with Crippen molar-refractivity contribution >= 4 is 12.1 Å². The smallest absolute Gasteiger partial charge is 0.254 e. The Hall–Kier alpha value is -3.44. The molecular formula is C24H25N3O2. The van der Waals surface area contributed by atoms with Crippen molar-refractivity contribution in [1.29, 1.82) is 0 Å². The van der Waals surface area contributed by atoms with E-state index in [0.29, 0.717) is 13.1 Å². The third-order valence-electron chi connectivity index (χ3n) is 4.38. The summed E-state index contributed by atoms with van der Waals surface area (Å²) in [4.78, 5) is 14.5. The molecule has 1 N–H and O–H groups in total. The van der Waals surface area contributed by atoms with Gasteiger partial charge in [-0.3, -0.25) is 9.69 Å². The Morgan fingerprint density at radius 1 is 0.897 bits per heavy atom. The molecule has 0 heterocycles. The average Bonchev–Trinajstić information content (AvgIpc) is 2.75. The van der Waals surface area contributed by atoms with E-state index in [2.05, 4.69) is 39.7 Å². The van der Waals surface area contributed by atoms with Gasteiger partial charge in [0.05, 0.1) is 19.9 Å². The van der Waals surface area contributed by atoms with Crippen LogP contribution in [-0.2, 0) is 17.9 Å². The molecule has 0 aliphatic carbocycles. The zero-order valence-electron chi connectivity index (χ0n) is 16.5. The van der Waals surface area contributed by atoms with Crippen LogP contribution in [0.1, 0.15) is 16.7 Å². The first-order valence-electron chi connectivity index (χ1n) is 9.49. The molecule has 148 valence electrons. The number of hydrogen-bond donors (Lipinski definition) is 1. The van der Waals surface area contributed by atoms with Crippen LogP contribution in [0.3, 0.4) is 0 Å². The van der Waals surface area contributed by atoms with Crippen molar-refractivity contribution in [3.8, 4) is 5.75 Å². The Morgan fingerprint density at radius 2 is 1.45 bits per heavy atom. The molecule has 5 nitrogen and oxygen atoms in total. The minimum atomic E-state index is -0.151. The highest BCUT2D eigenvalue weighted by Crippen LogP contribution is 2.11. The van der Waals surface area contributed by atoms with E-state index in [9.17, 15) is 4.79 Å². The zero-order valence-corrected chi connectivity index (χ0v) is 16.5. The first-order chi connectivity index (χ1) is 14.2.